The minimum Gasteiger partial charge on any atom is -0.481 e. The van der Waals surface area contributed by atoms with Crippen LogP contribution < -0.4 is 0 Å². The number of hydrogen-bond acceptors (Lipinski definition) is 1. The van der Waals surface area contributed by atoms with Gasteiger partial charge in [0.2, 0.25) is 0 Å². The van der Waals surface area contributed by atoms with E-state index in [0.717, 1.165) is 10.0 Å². The molecule has 2 nitrogen and oxygen atoms in total. The average molecular weight is 325 g/mol. The highest BCUT2D eigenvalue weighted by Crippen LogP contribution is 2.36. The standard InChI is InChI=1S/C16H21BrO2/c1-11(16(18)19)9-12-7-8-14(15(17)10-12)13-5-3-2-4-6-13/h7-8,10-11,13H,2-6,9H2,1H3,(H,18,19). The molecule has 0 radical (unpaired) electrons. The predicted octanol–water partition coefficient (Wildman–Crippen LogP) is 4.76. The van der Waals surface area contributed by atoms with E-state index in [9.17, 15) is 4.79 Å². The third-order valence-corrected chi connectivity index (χ3v) is 4.76. The highest BCUT2D eigenvalue weighted by Gasteiger charge is 2.18. The molecule has 0 saturated heterocycles. The van der Waals surface area contributed by atoms with Crippen molar-refractivity contribution in [2.24, 2.45) is 5.92 Å². The lowest BCUT2D eigenvalue weighted by Crippen LogP contribution is -2.12. The molecule has 0 amide bonds. The van der Waals surface area contributed by atoms with Crippen molar-refractivity contribution in [2.75, 3.05) is 0 Å². The van der Waals surface area contributed by atoms with Gasteiger partial charge in [0, 0.05) is 4.47 Å². The van der Waals surface area contributed by atoms with E-state index in [1.165, 1.54) is 37.7 Å². The van der Waals surface area contributed by atoms with Crippen molar-refractivity contribution in [3.63, 3.8) is 0 Å². The van der Waals surface area contributed by atoms with Crippen molar-refractivity contribution < 1.29 is 9.90 Å². The first kappa shape index (κ1) is 14.6. The van der Waals surface area contributed by atoms with Crippen LogP contribution in [0.15, 0.2) is 22.7 Å². The molecule has 1 aliphatic carbocycles. The Morgan fingerprint density at radius 2 is 2.05 bits per heavy atom. The van der Waals surface area contributed by atoms with Crippen molar-refractivity contribution >= 4 is 21.9 Å². The van der Waals surface area contributed by atoms with Crippen LogP contribution in [0.25, 0.3) is 0 Å². The molecule has 0 spiro atoms. The first-order valence-electron chi connectivity index (χ1n) is 7.09. The zero-order valence-corrected chi connectivity index (χ0v) is 12.9. The molecule has 0 aromatic heterocycles. The highest BCUT2D eigenvalue weighted by atomic mass is 79.9. The zero-order valence-electron chi connectivity index (χ0n) is 11.4. The Morgan fingerprint density at radius 1 is 1.37 bits per heavy atom. The molecule has 2 rings (SSSR count). The summed E-state index contributed by atoms with van der Waals surface area (Å²) in [5.74, 6) is -0.381. The van der Waals surface area contributed by atoms with Crippen LogP contribution in [0.5, 0.6) is 0 Å². The Labute approximate surface area is 123 Å². The van der Waals surface area contributed by atoms with Crippen LogP contribution in [0.4, 0.5) is 0 Å². The van der Waals surface area contributed by atoms with E-state index in [2.05, 4.69) is 34.1 Å². The Kier molecular flexibility index (Phi) is 5.03. The Balaban J connectivity index is 2.10. The number of benzene rings is 1. The number of carboxylic acid groups (broad SMARTS) is 1. The van der Waals surface area contributed by atoms with Gasteiger partial charge in [-0.05, 0) is 42.4 Å². The van der Waals surface area contributed by atoms with Crippen LogP contribution in [0, 0.1) is 5.92 Å². The molecule has 3 heteroatoms. The summed E-state index contributed by atoms with van der Waals surface area (Å²) in [6.45, 7) is 1.76. The van der Waals surface area contributed by atoms with Crippen molar-refractivity contribution in [1.82, 2.24) is 0 Å². The maximum atomic E-state index is 10.9. The van der Waals surface area contributed by atoms with Crippen LogP contribution >= 0.6 is 15.9 Å². The highest BCUT2D eigenvalue weighted by molar-refractivity contribution is 9.10. The van der Waals surface area contributed by atoms with Gasteiger partial charge in [-0.25, -0.2) is 0 Å². The third kappa shape index (κ3) is 3.82. The number of aliphatic carboxylic acids is 1. The fraction of sp³-hybridized carbons (Fsp3) is 0.562. The molecule has 1 aromatic carbocycles. The lowest BCUT2D eigenvalue weighted by molar-refractivity contribution is -0.141. The second kappa shape index (κ2) is 6.56. The lowest BCUT2D eigenvalue weighted by atomic mass is 9.83. The fourth-order valence-corrected chi connectivity index (χ4v) is 3.63. The SMILES string of the molecule is CC(Cc1ccc(C2CCCCC2)c(Br)c1)C(=O)O. The molecule has 1 N–H and O–H groups in total. The summed E-state index contributed by atoms with van der Waals surface area (Å²) < 4.78 is 1.15. The van der Waals surface area contributed by atoms with Gasteiger partial charge in [-0.2, -0.15) is 0 Å². The van der Waals surface area contributed by atoms with Crippen molar-refractivity contribution in [1.29, 1.82) is 0 Å². The van der Waals surface area contributed by atoms with Gasteiger partial charge in [0.1, 0.15) is 0 Å². The van der Waals surface area contributed by atoms with Crippen molar-refractivity contribution in [3.05, 3.63) is 33.8 Å². The van der Waals surface area contributed by atoms with Crippen LogP contribution in [0.1, 0.15) is 56.1 Å². The largest absolute Gasteiger partial charge is 0.481 e. The van der Waals surface area contributed by atoms with E-state index in [1.54, 1.807) is 6.92 Å². The maximum Gasteiger partial charge on any atom is 0.306 e. The van der Waals surface area contributed by atoms with Gasteiger partial charge < -0.3 is 5.11 Å². The summed E-state index contributed by atoms with van der Waals surface area (Å²) in [5, 5.41) is 8.96. The van der Waals surface area contributed by atoms with Gasteiger partial charge in [-0.1, -0.05) is 54.2 Å². The summed E-state index contributed by atoms with van der Waals surface area (Å²) in [7, 11) is 0. The molecule has 1 atom stereocenters. The van der Waals surface area contributed by atoms with Gasteiger partial charge in [0.05, 0.1) is 5.92 Å². The second-order valence-electron chi connectivity index (χ2n) is 5.63. The summed E-state index contributed by atoms with van der Waals surface area (Å²) in [6, 6.07) is 6.38. The average Bonchev–Trinajstić information content (AvgIpc) is 2.39. The quantitative estimate of drug-likeness (QED) is 0.866. The van der Waals surface area contributed by atoms with Crippen molar-refractivity contribution in [2.45, 2.75) is 51.4 Å². The predicted molar refractivity (Wildman–Crippen MR) is 80.5 cm³/mol. The van der Waals surface area contributed by atoms with Gasteiger partial charge in [0.15, 0.2) is 0 Å². The molecule has 1 saturated carbocycles. The van der Waals surface area contributed by atoms with Crippen LogP contribution in [-0.4, -0.2) is 11.1 Å². The zero-order chi connectivity index (χ0) is 13.8. The summed E-state index contributed by atoms with van der Waals surface area (Å²) >= 11 is 3.66. The van der Waals surface area contributed by atoms with E-state index in [1.807, 2.05) is 0 Å². The Morgan fingerprint density at radius 3 is 2.63 bits per heavy atom. The lowest BCUT2D eigenvalue weighted by Gasteiger charge is -2.23. The number of carbonyl (C=O) groups is 1. The monoisotopic (exact) mass is 324 g/mol. The third-order valence-electron chi connectivity index (χ3n) is 4.07. The van der Waals surface area contributed by atoms with Crippen LogP contribution in [0.3, 0.4) is 0 Å². The number of hydrogen-bond donors (Lipinski definition) is 1. The molecule has 1 aromatic rings. The molecule has 1 unspecified atom stereocenters. The molecule has 0 heterocycles. The molecule has 19 heavy (non-hydrogen) atoms. The van der Waals surface area contributed by atoms with Gasteiger partial charge in [-0.3, -0.25) is 4.79 Å². The molecular formula is C16H21BrO2. The molecule has 104 valence electrons. The van der Waals surface area contributed by atoms with E-state index in [-0.39, 0.29) is 5.92 Å². The van der Waals surface area contributed by atoms with Crippen LogP contribution in [-0.2, 0) is 11.2 Å². The van der Waals surface area contributed by atoms with E-state index < -0.39 is 5.97 Å². The Bertz CT molecular complexity index is 450. The van der Waals surface area contributed by atoms with Crippen molar-refractivity contribution in [3.8, 4) is 0 Å². The van der Waals surface area contributed by atoms with Gasteiger partial charge >= 0.3 is 5.97 Å². The molecule has 1 fully saturated rings. The normalized spacial score (nSPS) is 18.2. The topological polar surface area (TPSA) is 37.3 Å². The molecule has 0 aliphatic heterocycles. The minimum absolute atomic E-state index is 0.326. The second-order valence-corrected chi connectivity index (χ2v) is 6.49. The summed E-state index contributed by atoms with van der Waals surface area (Å²) in [6.07, 6.45) is 7.18. The molecular weight excluding hydrogens is 304 g/mol. The number of carboxylic acids is 1. The molecule has 1 aliphatic rings. The van der Waals surface area contributed by atoms with Crippen LogP contribution in [0.2, 0.25) is 0 Å². The minimum atomic E-state index is -0.729. The fourth-order valence-electron chi connectivity index (χ4n) is 2.88. The van der Waals surface area contributed by atoms with E-state index >= 15 is 0 Å². The van der Waals surface area contributed by atoms with E-state index in [0.29, 0.717) is 12.3 Å². The Hall–Kier alpha value is -0.830. The van der Waals surface area contributed by atoms with E-state index in [4.69, 9.17) is 5.11 Å². The first-order valence-corrected chi connectivity index (χ1v) is 7.88. The number of halogens is 1. The van der Waals surface area contributed by atoms with Gasteiger partial charge in [-0.15, -0.1) is 0 Å². The molecule has 0 bridgehead atoms. The summed E-state index contributed by atoms with van der Waals surface area (Å²) in [4.78, 5) is 10.9. The van der Waals surface area contributed by atoms with Gasteiger partial charge in [0.25, 0.3) is 0 Å². The maximum absolute atomic E-state index is 10.9. The number of rotatable bonds is 4. The smallest absolute Gasteiger partial charge is 0.306 e. The first-order chi connectivity index (χ1) is 9.08. The summed E-state index contributed by atoms with van der Waals surface area (Å²) in [5.41, 5.74) is 2.49.